The van der Waals surface area contributed by atoms with Gasteiger partial charge in [-0.05, 0) is 56.5 Å². The van der Waals surface area contributed by atoms with E-state index < -0.39 is 53.0 Å². The number of pyridine rings is 1. The summed E-state index contributed by atoms with van der Waals surface area (Å²) < 4.78 is 51.3. The van der Waals surface area contributed by atoms with Crippen LogP contribution in [0.2, 0.25) is 0 Å². The summed E-state index contributed by atoms with van der Waals surface area (Å²) >= 11 is 0. The summed E-state index contributed by atoms with van der Waals surface area (Å²) in [6, 6.07) is 2.92. The van der Waals surface area contributed by atoms with Gasteiger partial charge in [0.15, 0.2) is 0 Å². The van der Waals surface area contributed by atoms with Gasteiger partial charge in [0.05, 0.1) is 30.5 Å². The van der Waals surface area contributed by atoms with E-state index in [2.05, 4.69) is 25.8 Å². The Morgan fingerprint density at radius 3 is 2.33 bits per heavy atom. The van der Waals surface area contributed by atoms with Crippen LogP contribution in [0, 0.1) is 11.7 Å². The number of ether oxygens (including phenoxy) is 1. The van der Waals surface area contributed by atoms with E-state index in [1.54, 1.807) is 18.7 Å². The Hall–Kier alpha value is -4.20. The van der Waals surface area contributed by atoms with E-state index in [9.17, 15) is 19.2 Å². The highest BCUT2D eigenvalue weighted by Gasteiger charge is 2.45. The number of hydrogen-bond donors (Lipinski definition) is 3. The number of nitrogens with zero attached hydrogens (tertiary/aromatic N) is 3. The lowest BCUT2D eigenvalue weighted by Gasteiger charge is -2.36. The van der Waals surface area contributed by atoms with Gasteiger partial charge in [0.25, 0.3) is 5.91 Å². The molecule has 2 fully saturated rings. The lowest BCUT2D eigenvalue weighted by molar-refractivity contribution is -0.149. The van der Waals surface area contributed by atoms with Crippen molar-refractivity contribution in [2.24, 2.45) is 5.92 Å². The highest BCUT2D eigenvalue weighted by molar-refractivity contribution is 5.98. The predicted molar refractivity (Wildman–Crippen MR) is 173 cm³/mol. The normalized spacial score (nSPS) is 17.9. The molecule has 3 N–H and O–H groups in total. The molecule has 4 amide bonds. The summed E-state index contributed by atoms with van der Waals surface area (Å²) in [6.45, 7) is 5.70. The van der Waals surface area contributed by atoms with E-state index in [0.29, 0.717) is 44.6 Å². The van der Waals surface area contributed by atoms with Gasteiger partial charge < -0.3 is 30.5 Å². The third kappa shape index (κ3) is 8.82. The number of nitrogens with one attached hydrogen (secondary N) is 3. The van der Waals surface area contributed by atoms with Crippen molar-refractivity contribution in [3.05, 3.63) is 53.6 Å². The number of anilines is 1. The van der Waals surface area contributed by atoms with E-state index in [1.165, 1.54) is 25.4 Å². The number of hydrogen-bond acceptors (Lipinski definition) is 7. The first kappa shape index (κ1) is 36.6. The Kier molecular flexibility index (Phi) is 12.4. The largest absolute Gasteiger partial charge is 0.495 e. The summed E-state index contributed by atoms with van der Waals surface area (Å²) in [5.74, 6) is -9.23. The van der Waals surface area contributed by atoms with Crippen molar-refractivity contribution in [2.45, 2.75) is 76.3 Å². The highest BCUT2D eigenvalue weighted by Crippen LogP contribution is 2.33. The summed E-state index contributed by atoms with van der Waals surface area (Å²) in [5.41, 5.74) is -0.630. The van der Waals surface area contributed by atoms with Crippen LogP contribution in [-0.2, 0) is 25.1 Å². The minimum absolute atomic E-state index is 0.0371. The number of amides is 4. The fourth-order valence-electron chi connectivity index (χ4n) is 6.27. The van der Waals surface area contributed by atoms with Crippen LogP contribution >= 0.6 is 0 Å². The monoisotopic (exact) mass is 674 g/mol. The first-order valence-corrected chi connectivity index (χ1v) is 16.4. The van der Waals surface area contributed by atoms with E-state index in [-0.39, 0.29) is 29.7 Å². The zero-order valence-electron chi connectivity index (χ0n) is 27.9. The maximum Gasteiger partial charge on any atom is 0.351 e. The van der Waals surface area contributed by atoms with Crippen molar-refractivity contribution < 1.29 is 37.1 Å². The van der Waals surface area contributed by atoms with Crippen LogP contribution in [-0.4, -0.2) is 90.8 Å². The van der Waals surface area contributed by atoms with Gasteiger partial charge >= 0.3 is 5.92 Å². The molecule has 1 saturated carbocycles. The molecule has 0 spiro atoms. The van der Waals surface area contributed by atoms with Crippen LogP contribution in [0.1, 0.15) is 69.4 Å². The maximum atomic E-state index is 15.7. The second kappa shape index (κ2) is 16.3. The SMILES string of the molecule is CCC(=O)N[C@H](C)[C@@H](C(=O)N1CCN(C)CC1)c1ccc(NC(=O)[C@@H](NC(=O)C(F)(F)c2cncc(OC)c2)C2CCCCC2)c(F)c1. The number of halogens is 3. The lowest BCUT2D eigenvalue weighted by Crippen LogP contribution is -2.53. The number of aromatic nitrogens is 1. The van der Waals surface area contributed by atoms with Crippen molar-refractivity contribution in [2.75, 3.05) is 45.7 Å². The lowest BCUT2D eigenvalue weighted by atomic mass is 9.83. The molecule has 2 heterocycles. The second-order valence-electron chi connectivity index (χ2n) is 12.6. The molecule has 2 aromatic rings. The van der Waals surface area contributed by atoms with Crippen molar-refractivity contribution in [1.29, 1.82) is 0 Å². The number of carbonyl (C=O) groups excluding carboxylic acids is 4. The van der Waals surface area contributed by atoms with Crippen LogP contribution in [0.4, 0.5) is 18.9 Å². The Bertz CT molecular complexity index is 1460. The molecular weight excluding hydrogens is 629 g/mol. The standard InChI is InChI=1S/C34H45F3N6O5/c1-5-28(44)39-21(2)29(32(46)43-15-13-42(3)14-16-43)23-11-12-27(26(35)17-23)40-31(45)30(22-9-7-6-8-10-22)41-33(47)34(36,37)24-18-25(48-4)20-38-19-24/h11-12,17-22,29-30H,5-10,13-16H2,1-4H3,(H,39,44)(H,40,45)(H,41,47)/t21-,29-,30+/m1/s1. The van der Waals surface area contributed by atoms with Gasteiger partial charge in [-0.15, -0.1) is 0 Å². The molecule has 1 aliphatic carbocycles. The van der Waals surface area contributed by atoms with Crippen molar-refractivity contribution in [1.82, 2.24) is 25.4 Å². The van der Waals surface area contributed by atoms with Gasteiger partial charge in [0.2, 0.25) is 17.7 Å². The third-order valence-electron chi connectivity index (χ3n) is 9.19. The molecule has 14 heteroatoms. The predicted octanol–water partition coefficient (Wildman–Crippen LogP) is 3.80. The van der Waals surface area contributed by atoms with Crippen LogP contribution in [0.3, 0.4) is 0 Å². The molecule has 0 bridgehead atoms. The Morgan fingerprint density at radius 1 is 1.02 bits per heavy atom. The summed E-state index contributed by atoms with van der Waals surface area (Å²) in [4.78, 5) is 60.1. The number of piperazine rings is 1. The zero-order valence-corrected chi connectivity index (χ0v) is 27.9. The van der Waals surface area contributed by atoms with E-state index in [0.717, 1.165) is 37.6 Å². The second-order valence-corrected chi connectivity index (χ2v) is 12.6. The van der Waals surface area contributed by atoms with Gasteiger partial charge in [0.1, 0.15) is 17.6 Å². The fourth-order valence-corrected chi connectivity index (χ4v) is 6.27. The Balaban J connectivity index is 1.57. The van der Waals surface area contributed by atoms with Crippen LogP contribution in [0.5, 0.6) is 5.75 Å². The van der Waals surface area contributed by atoms with Crippen LogP contribution in [0.15, 0.2) is 36.7 Å². The van der Waals surface area contributed by atoms with Crippen molar-refractivity contribution in [3.8, 4) is 5.75 Å². The quantitative estimate of drug-likeness (QED) is 0.312. The molecule has 3 atom stereocenters. The molecular formula is C34H45F3N6O5. The molecule has 1 aromatic heterocycles. The number of methoxy groups -OCH3 is 1. The summed E-state index contributed by atoms with van der Waals surface area (Å²) in [7, 11) is 3.24. The number of likely N-dealkylation sites (N-methyl/N-ethyl adjacent to an activating group) is 1. The van der Waals surface area contributed by atoms with Gasteiger partial charge in [-0.25, -0.2) is 4.39 Å². The molecule has 2 aliphatic rings. The Morgan fingerprint density at radius 2 is 1.71 bits per heavy atom. The average molecular weight is 675 g/mol. The maximum absolute atomic E-state index is 15.7. The molecule has 262 valence electrons. The van der Waals surface area contributed by atoms with Crippen LogP contribution < -0.4 is 20.7 Å². The van der Waals surface area contributed by atoms with Gasteiger partial charge in [-0.2, -0.15) is 8.78 Å². The smallest absolute Gasteiger partial charge is 0.351 e. The minimum Gasteiger partial charge on any atom is -0.495 e. The molecule has 1 saturated heterocycles. The van der Waals surface area contributed by atoms with E-state index >= 15 is 13.2 Å². The highest BCUT2D eigenvalue weighted by atomic mass is 19.3. The first-order valence-electron chi connectivity index (χ1n) is 16.4. The molecule has 0 unspecified atom stereocenters. The van der Waals surface area contributed by atoms with Crippen LogP contribution in [0.25, 0.3) is 0 Å². The van der Waals surface area contributed by atoms with Gasteiger partial charge in [-0.1, -0.05) is 32.3 Å². The van der Waals surface area contributed by atoms with Gasteiger partial charge in [0, 0.05) is 44.8 Å². The van der Waals surface area contributed by atoms with Gasteiger partial charge in [-0.3, -0.25) is 24.2 Å². The Labute approximate surface area is 279 Å². The number of carbonyl (C=O) groups is 4. The molecule has 4 rings (SSSR count). The molecule has 1 aliphatic heterocycles. The topological polar surface area (TPSA) is 133 Å². The average Bonchev–Trinajstić information content (AvgIpc) is 3.08. The number of benzene rings is 1. The van der Waals surface area contributed by atoms with E-state index in [1.807, 2.05) is 7.05 Å². The first-order chi connectivity index (χ1) is 22.8. The zero-order chi connectivity index (χ0) is 35.0. The van der Waals surface area contributed by atoms with Crippen molar-refractivity contribution in [3.63, 3.8) is 0 Å². The molecule has 48 heavy (non-hydrogen) atoms. The number of rotatable bonds is 12. The fraction of sp³-hybridized carbons (Fsp3) is 0.559. The molecule has 1 aromatic carbocycles. The molecule has 0 radical (unpaired) electrons. The number of alkyl halides is 2. The van der Waals surface area contributed by atoms with Crippen molar-refractivity contribution >= 4 is 29.3 Å². The minimum atomic E-state index is -4.03. The summed E-state index contributed by atoms with van der Waals surface area (Å²) in [6.07, 6.45) is 5.73. The third-order valence-corrected chi connectivity index (χ3v) is 9.19. The van der Waals surface area contributed by atoms with E-state index in [4.69, 9.17) is 4.74 Å². The molecule has 11 nitrogen and oxygen atoms in total. The summed E-state index contributed by atoms with van der Waals surface area (Å²) in [5, 5.41) is 7.54.